The van der Waals surface area contributed by atoms with Crippen molar-refractivity contribution in [3.63, 3.8) is 0 Å². The number of carbonyl (C=O) groups excluding carboxylic acids is 1. The number of nitrogens with zero attached hydrogens (tertiary/aromatic N) is 3. The van der Waals surface area contributed by atoms with Gasteiger partial charge in [0, 0.05) is 19.8 Å². The average Bonchev–Trinajstić information content (AvgIpc) is 3.13. The van der Waals surface area contributed by atoms with Gasteiger partial charge in [-0.3, -0.25) is 9.48 Å². The minimum Gasteiger partial charge on any atom is -0.492 e. The molecule has 0 bridgehead atoms. The van der Waals surface area contributed by atoms with Crippen LogP contribution in [0.2, 0.25) is 0 Å². The molecule has 0 spiro atoms. The molecule has 0 aliphatic carbocycles. The summed E-state index contributed by atoms with van der Waals surface area (Å²) in [6.45, 7) is 2.69. The van der Waals surface area contributed by atoms with Crippen LogP contribution in [-0.4, -0.2) is 53.9 Å². The summed E-state index contributed by atoms with van der Waals surface area (Å²) in [6.07, 6.45) is 4.06. The summed E-state index contributed by atoms with van der Waals surface area (Å²) in [5.41, 5.74) is 0.440. The molecule has 1 aliphatic heterocycles. The van der Waals surface area contributed by atoms with Gasteiger partial charge in [-0.2, -0.15) is 5.10 Å². The smallest absolute Gasteiger partial charge is 0.274 e. The molecule has 2 aromatic rings. The number of hydrogen-bond donors (Lipinski definition) is 1. The predicted molar refractivity (Wildman–Crippen MR) is 92.2 cm³/mol. The molecule has 6 nitrogen and oxygen atoms in total. The van der Waals surface area contributed by atoms with Gasteiger partial charge in [-0.25, -0.2) is 4.39 Å². The van der Waals surface area contributed by atoms with Crippen LogP contribution in [0, 0.1) is 5.82 Å². The van der Waals surface area contributed by atoms with Gasteiger partial charge in [0.15, 0.2) is 0 Å². The molecule has 1 N–H and O–H groups in total. The molecule has 3 rings (SSSR count). The van der Waals surface area contributed by atoms with Gasteiger partial charge in [0.1, 0.15) is 23.9 Å². The van der Waals surface area contributed by atoms with E-state index in [1.165, 1.54) is 12.1 Å². The molecular weight excluding hydrogens is 323 g/mol. The first-order valence-electron chi connectivity index (χ1n) is 8.53. The second-order valence-corrected chi connectivity index (χ2v) is 6.21. The fourth-order valence-electron chi connectivity index (χ4n) is 2.84. The second-order valence-electron chi connectivity index (χ2n) is 6.21. The molecule has 1 fully saturated rings. The molecule has 25 heavy (non-hydrogen) atoms. The molecule has 0 saturated carbocycles. The Hall–Kier alpha value is -2.41. The van der Waals surface area contributed by atoms with E-state index >= 15 is 0 Å². The van der Waals surface area contributed by atoms with Crippen LogP contribution in [0.1, 0.15) is 29.4 Å². The van der Waals surface area contributed by atoms with Crippen LogP contribution in [0.4, 0.5) is 4.39 Å². The van der Waals surface area contributed by atoms with Crippen LogP contribution >= 0.6 is 0 Å². The summed E-state index contributed by atoms with van der Waals surface area (Å²) in [7, 11) is 1.72. The first-order valence-corrected chi connectivity index (χ1v) is 8.53. The minimum absolute atomic E-state index is 0.134. The molecule has 1 aromatic carbocycles. The van der Waals surface area contributed by atoms with Crippen molar-refractivity contribution in [2.45, 2.75) is 18.9 Å². The monoisotopic (exact) mass is 346 g/mol. The fraction of sp³-hybridized carbons (Fsp3) is 0.444. The molecule has 1 atom stereocenters. The van der Waals surface area contributed by atoms with Crippen molar-refractivity contribution in [2.75, 3.05) is 33.3 Å². The van der Waals surface area contributed by atoms with Gasteiger partial charge >= 0.3 is 0 Å². The highest BCUT2D eigenvalue weighted by molar-refractivity contribution is 5.92. The third-order valence-electron chi connectivity index (χ3n) is 4.33. The van der Waals surface area contributed by atoms with Crippen LogP contribution < -0.4 is 10.1 Å². The van der Waals surface area contributed by atoms with Crippen LogP contribution in [0.5, 0.6) is 5.75 Å². The number of hydrogen-bond acceptors (Lipinski definition) is 4. The van der Waals surface area contributed by atoms with Crippen molar-refractivity contribution < 1.29 is 13.9 Å². The summed E-state index contributed by atoms with van der Waals surface area (Å²) in [4.78, 5) is 14.0. The Morgan fingerprint density at radius 3 is 2.92 bits per heavy atom. The maximum atomic E-state index is 12.8. The summed E-state index contributed by atoms with van der Waals surface area (Å²) >= 11 is 0. The van der Waals surface area contributed by atoms with Crippen LogP contribution in [-0.2, 0) is 0 Å². The van der Waals surface area contributed by atoms with E-state index < -0.39 is 0 Å². The number of amides is 1. The molecule has 134 valence electrons. The number of aromatic nitrogens is 2. The highest BCUT2D eigenvalue weighted by atomic mass is 19.1. The molecule has 1 amide bonds. The lowest BCUT2D eigenvalue weighted by molar-refractivity contribution is 0.0766. The average molecular weight is 346 g/mol. The highest BCUT2D eigenvalue weighted by Crippen LogP contribution is 2.16. The van der Waals surface area contributed by atoms with E-state index in [2.05, 4.69) is 10.4 Å². The summed E-state index contributed by atoms with van der Waals surface area (Å²) in [5, 5.41) is 7.78. The van der Waals surface area contributed by atoms with E-state index in [9.17, 15) is 9.18 Å². The quantitative estimate of drug-likeness (QED) is 0.870. The topological polar surface area (TPSA) is 59.4 Å². The molecule has 1 aromatic heterocycles. The Morgan fingerprint density at radius 2 is 2.20 bits per heavy atom. The van der Waals surface area contributed by atoms with Crippen molar-refractivity contribution in [1.82, 2.24) is 20.0 Å². The summed E-state index contributed by atoms with van der Waals surface area (Å²) < 4.78 is 20.2. The van der Waals surface area contributed by atoms with E-state index in [-0.39, 0.29) is 11.7 Å². The first kappa shape index (κ1) is 17.4. The standard InChI is InChI=1S/C18H23FN4O2/c1-22(11-12-25-16-6-4-14(19)5-7-16)18(24)17-8-10-23(21-17)15-3-2-9-20-13-15/h4-8,10,15,20H,2-3,9,11-13H2,1H3. The van der Waals surface area contributed by atoms with Gasteiger partial charge in [0.25, 0.3) is 5.91 Å². The minimum atomic E-state index is -0.302. The number of carbonyl (C=O) groups is 1. The molecule has 1 unspecified atom stereocenters. The number of likely N-dealkylation sites (N-methyl/N-ethyl adjacent to an activating group) is 1. The van der Waals surface area contributed by atoms with Crippen molar-refractivity contribution in [2.24, 2.45) is 0 Å². The van der Waals surface area contributed by atoms with Crippen molar-refractivity contribution in [3.05, 3.63) is 48.0 Å². The fourth-order valence-corrected chi connectivity index (χ4v) is 2.84. The Kier molecular flexibility index (Phi) is 5.65. The first-order chi connectivity index (χ1) is 12.1. The number of ether oxygens (including phenoxy) is 1. The number of piperidine rings is 1. The van der Waals surface area contributed by atoms with Crippen LogP contribution in [0.3, 0.4) is 0 Å². The lowest BCUT2D eigenvalue weighted by Gasteiger charge is -2.23. The third kappa shape index (κ3) is 4.57. The van der Waals surface area contributed by atoms with Gasteiger partial charge in [0.2, 0.25) is 0 Å². The highest BCUT2D eigenvalue weighted by Gasteiger charge is 2.19. The lowest BCUT2D eigenvalue weighted by Crippen LogP contribution is -2.33. The maximum Gasteiger partial charge on any atom is 0.274 e. The molecule has 1 saturated heterocycles. The Balaban J connectivity index is 1.50. The zero-order chi connectivity index (χ0) is 17.6. The summed E-state index contributed by atoms with van der Waals surface area (Å²) in [6, 6.07) is 7.89. The van der Waals surface area contributed by atoms with Crippen molar-refractivity contribution in [1.29, 1.82) is 0 Å². The Morgan fingerprint density at radius 1 is 1.40 bits per heavy atom. The number of benzene rings is 1. The Labute approximate surface area is 146 Å². The second kappa shape index (κ2) is 8.11. The maximum absolute atomic E-state index is 12.8. The predicted octanol–water partition coefficient (Wildman–Crippen LogP) is 2.10. The van der Waals surface area contributed by atoms with E-state index in [1.54, 1.807) is 30.1 Å². The van der Waals surface area contributed by atoms with E-state index in [4.69, 9.17) is 4.74 Å². The normalized spacial score (nSPS) is 17.3. The van der Waals surface area contributed by atoms with Gasteiger partial charge < -0.3 is 15.0 Å². The van der Waals surface area contributed by atoms with Crippen molar-refractivity contribution >= 4 is 5.91 Å². The number of nitrogens with one attached hydrogen (secondary N) is 1. The van der Waals surface area contributed by atoms with Gasteiger partial charge in [-0.15, -0.1) is 0 Å². The van der Waals surface area contributed by atoms with Gasteiger partial charge in [-0.05, 0) is 49.7 Å². The van der Waals surface area contributed by atoms with Gasteiger partial charge in [-0.1, -0.05) is 0 Å². The lowest BCUT2D eigenvalue weighted by atomic mass is 10.1. The Bertz CT molecular complexity index is 695. The molecule has 7 heteroatoms. The zero-order valence-corrected chi connectivity index (χ0v) is 14.3. The van der Waals surface area contributed by atoms with Crippen LogP contribution in [0.25, 0.3) is 0 Å². The number of rotatable bonds is 6. The van der Waals surface area contributed by atoms with E-state index in [0.717, 1.165) is 25.9 Å². The number of halogens is 1. The van der Waals surface area contributed by atoms with Crippen molar-refractivity contribution in [3.8, 4) is 5.75 Å². The molecule has 2 heterocycles. The zero-order valence-electron chi connectivity index (χ0n) is 14.3. The van der Waals surface area contributed by atoms with E-state index in [0.29, 0.717) is 30.6 Å². The van der Waals surface area contributed by atoms with E-state index in [1.807, 2.05) is 10.9 Å². The SMILES string of the molecule is CN(CCOc1ccc(F)cc1)C(=O)c1ccn(C2CCCNC2)n1. The molecule has 0 radical (unpaired) electrons. The molecule has 1 aliphatic rings. The third-order valence-corrected chi connectivity index (χ3v) is 4.33. The van der Waals surface area contributed by atoms with Crippen LogP contribution in [0.15, 0.2) is 36.5 Å². The largest absolute Gasteiger partial charge is 0.492 e. The summed E-state index contributed by atoms with van der Waals surface area (Å²) in [5.74, 6) is 0.143. The molecular formula is C18H23FN4O2. The van der Waals surface area contributed by atoms with Gasteiger partial charge in [0.05, 0.1) is 12.6 Å².